The van der Waals surface area contributed by atoms with Gasteiger partial charge in [-0.1, -0.05) is 118 Å². The van der Waals surface area contributed by atoms with Gasteiger partial charge in [-0.2, -0.15) is 0 Å². The van der Waals surface area contributed by atoms with E-state index >= 15 is 0 Å². The quantitative estimate of drug-likeness (QED) is 0.478. The first-order valence-corrected chi connectivity index (χ1v) is 12.1. The molecule has 0 fully saturated rings. The number of aliphatic imine (C=N–C) groups is 1. The van der Waals surface area contributed by atoms with Crippen molar-refractivity contribution in [1.82, 2.24) is 0 Å². The Morgan fingerprint density at radius 1 is 0.812 bits per heavy atom. The smallest absolute Gasteiger partial charge is 0.187 e. The molecule has 3 rings (SSSR count). The van der Waals surface area contributed by atoms with Crippen LogP contribution in [0.4, 0.5) is 0 Å². The van der Waals surface area contributed by atoms with Crippen LogP contribution in [-0.2, 0) is 22.0 Å². The van der Waals surface area contributed by atoms with Crippen LogP contribution in [0.25, 0.3) is 0 Å². The van der Waals surface area contributed by atoms with Gasteiger partial charge in [-0.3, -0.25) is 0 Å². The van der Waals surface area contributed by atoms with Gasteiger partial charge in [0.2, 0.25) is 0 Å². The van der Waals surface area contributed by atoms with Crippen molar-refractivity contribution in [3.05, 3.63) is 70.8 Å². The van der Waals surface area contributed by atoms with Gasteiger partial charge in [0, 0.05) is 5.92 Å². The van der Waals surface area contributed by atoms with Gasteiger partial charge in [0.15, 0.2) is 5.90 Å². The molecular formula is C30H43NO. The van der Waals surface area contributed by atoms with Gasteiger partial charge >= 0.3 is 0 Å². The molecule has 2 heteroatoms. The molecule has 174 valence electrons. The van der Waals surface area contributed by atoms with Crippen LogP contribution in [0.5, 0.6) is 0 Å². The number of nitrogens with zero attached hydrogens (tertiary/aromatic N) is 1. The van der Waals surface area contributed by atoms with Crippen LogP contribution in [-0.4, -0.2) is 11.9 Å². The van der Waals surface area contributed by atoms with Crippen LogP contribution < -0.4 is 0 Å². The van der Waals surface area contributed by atoms with Crippen molar-refractivity contribution in [2.24, 2.45) is 16.3 Å². The highest BCUT2D eigenvalue weighted by Crippen LogP contribution is 2.40. The van der Waals surface area contributed by atoms with Crippen molar-refractivity contribution in [3.8, 4) is 0 Å². The zero-order chi connectivity index (χ0) is 23.9. The van der Waals surface area contributed by atoms with Crippen LogP contribution in [0.2, 0.25) is 0 Å². The molecule has 3 atom stereocenters. The summed E-state index contributed by atoms with van der Waals surface area (Å²) in [6, 6.07) is 17.9. The van der Waals surface area contributed by atoms with Crippen LogP contribution in [0.15, 0.2) is 53.5 Å². The molecular weight excluding hydrogens is 390 g/mol. The summed E-state index contributed by atoms with van der Waals surface area (Å²) < 4.78 is 6.71. The maximum atomic E-state index is 6.71. The minimum atomic E-state index is -0.0570. The molecule has 0 unspecified atom stereocenters. The topological polar surface area (TPSA) is 21.6 Å². The Kier molecular flexibility index (Phi) is 6.67. The third-order valence-electron chi connectivity index (χ3n) is 6.86. The van der Waals surface area contributed by atoms with Crippen LogP contribution in [0, 0.1) is 11.3 Å². The SMILES string of the molecule is C[C@H](C1=N[C@@H](Cc2ccccc2)[C@H](c2cc(C(C)(C)C)cc(C(C)(C)C)c2)O1)C(C)(C)C. The lowest BCUT2D eigenvalue weighted by Crippen LogP contribution is -2.26. The maximum absolute atomic E-state index is 6.71. The van der Waals surface area contributed by atoms with Gasteiger partial charge in [0.25, 0.3) is 0 Å². The third kappa shape index (κ3) is 5.63. The molecule has 1 aliphatic heterocycles. The average Bonchev–Trinajstić information content (AvgIpc) is 3.09. The van der Waals surface area contributed by atoms with Gasteiger partial charge in [-0.05, 0) is 44.9 Å². The fraction of sp³-hybridized carbons (Fsp3) is 0.567. The van der Waals surface area contributed by atoms with E-state index < -0.39 is 0 Å². The van der Waals surface area contributed by atoms with E-state index in [0.29, 0.717) is 0 Å². The second-order valence-corrected chi connectivity index (χ2v) is 12.7. The second kappa shape index (κ2) is 8.69. The first-order valence-electron chi connectivity index (χ1n) is 12.1. The van der Waals surface area contributed by atoms with Gasteiger partial charge in [0.05, 0.1) is 6.04 Å². The molecule has 0 aromatic heterocycles. The van der Waals surface area contributed by atoms with E-state index in [1.807, 2.05) is 0 Å². The largest absolute Gasteiger partial charge is 0.470 e. The summed E-state index contributed by atoms with van der Waals surface area (Å²) in [5, 5.41) is 0. The van der Waals surface area contributed by atoms with E-state index in [-0.39, 0.29) is 34.3 Å². The van der Waals surface area contributed by atoms with E-state index in [9.17, 15) is 0 Å². The molecule has 0 bridgehead atoms. The Morgan fingerprint density at radius 3 is 1.81 bits per heavy atom. The van der Waals surface area contributed by atoms with Crippen molar-refractivity contribution in [2.75, 3.05) is 0 Å². The number of rotatable bonds is 4. The number of benzene rings is 2. The summed E-state index contributed by atoms with van der Waals surface area (Å²) in [7, 11) is 0. The molecule has 0 amide bonds. The van der Waals surface area contributed by atoms with E-state index in [2.05, 4.69) is 118 Å². The zero-order valence-electron chi connectivity index (χ0n) is 21.9. The van der Waals surface area contributed by atoms with Gasteiger partial charge in [-0.15, -0.1) is 0 Å². The lowest BCUT2D eigenvalue weighted by Gasteiger charge is -2.29. The lowest BCUT2D eigenvalue weighted by atomic mass is 9.78. The monoisotopic (exact) mass is 433 g/mol. The van der Waals surface area contributed by atoms with Gasteiger partial charge < -0.3 is 4.74 Å². The molecule has 2 aromatic carbocycles. The predicted molar refractivity (Wildman–Crippen MR) is 138 cm³/mol. The Morgan fingerprint density at radius 2 is 1.34 bits per heavy atom. The molecule has 2 nitrogen and oxygen atoms in total. The zero-order valence-corrected chi connectivity index (χ0v) is 21.9. The van der Waals surface area contributed by atoms with Crippen LogP contribution in [0.3, 0.4) is 0 Å². The van der Waals surface area contributed by atoms with Crippen molar-refractivity contribution in [1.29, 1.82) is 0 Å². The first-order chi connectivity index (χ1) is 14.7. The molecule has 32 heavy (non-hydrogen) atoms. The number of ether oxygens (including phenoxy) is 1. The maximum Gasteiger partial charge on any atom is 0.187 e. The van der Waals surface area contributed by atoms with E-state index in [1.165, 1.54) is 22.3 Å². The molecule has 1 aliphatic rings. The van der Waals surface area contributed by atoms with E-state index in [0.717, 1.165) is 12.3 Å². The molecule has 1 heterocycles. The normalized spacial score (nSPS) is 20.6. The summed E-state index contributed by atoms with van der Waals surface area (Å²) in [4.78, 5) is 5.19. The molecule has 0 radical (unpaired) electrons. The molecule has 0 N–H and O–H groups in total. The standard InChI is InChI=1S/C30H43NO/c1-20(28(2,3)4)27-31-25(16-21-14-12-11-13-15-21)26(32-27)22-17-23(29(5,6)7)19-24(18-22)30(8,9)10/h11-15,17-20,25-26H,16H2,1-10H3/t20-,25+,26+/m1/s1. The Hall–Kier alpha value is -2.09. The average molecular weight is 434 g/mol. The van der Waals surface area contributed by atoms with Crippen molar-refractivity contribution < 1.29 is 4.74 Å². The Labute approximate surface area is 196 Å². The molecule has 2 aromatic rings. The van der Waals surface area contributed by atoms with E-state index in [1.54, 1.807) is 0 Å². The molecule has 0 spiro atoms. The minimum Gasteiger partial charge on any atom is -0.470 e. The fourth-order valence-corrected chi connectivity index (χ4v) is 4.03. The van der Waals surface area contributed by atoms with Crippen LogP contribution >= 0.6 is 0 Å². The van der Waals surface area contributed by atoms with Crippen molar-refractivity contribution >= 4 is 5.90 Å². The Bertz CT molecular complexity index is 919. The second-order valence-electron chi connectivity index (χ2n) is 12.7. The summed E-state index contributed by atoms with van der Waals surface area (Å²) >= 11 is 0. The fourth-order valence-electron chi connectivity index (χ4n) is 4.03. The van der Waals surface area contributed by atoms with Crippen molar-refractivity contribution in [2.45, 2.75) is 98.6 Å². The highest BCUT2D eigenvalue weighted by molar-refractivity contribution is 5.81. The number of hydrogen-bond donors (Lipinski definition) is 0. The first kappa shape index (κ1) is 24.6. The molecule has 0 aliphatic carbocycles. The lowest BCUT2D eigenvalue weighted by molar-refractivity contribution is 0.168. The van der Waals surface area contributed by atoms with Gasteiger partial charge in [0.1, 0.15) is 6.10 Å². The third-order valence-corrected chi connectivity index (χ3v) is 6.86. The summed E-state index contributed by atoms with van der Waals surface area (Å²) in [6.07, 6.45) is 0.828. The number of hydrogen-bond acceptors (Lipinski definition) is 2. The summed E-state index contributed by atoms with van der Waals surface area (Å²) in [5.74, 6) is 1.17. The Balaban J connectivity index is 2.07. The predicted octanol–water partition coefficient (Wildman–Crippen LogP) is 8.04. The summed E-state index contributed by atoms with van der Waals surface area (Å²) in [6.45, 7) is 22.8. The van der Waals surface area contributed by atoms with Gasteiger partial charge in [-0.25, -0.2) is 4.99 Å². The summed E-state index contributed by atoms with van der Waals surface area (Å²) in [5.41, 5.74) is 5.54. The molecule has 0 saturated carbocycles. The highest BCUT2D eigenvalue weighted by atomic mass is 16.5. The minimum absolute atomic E-state index is 0.0570. The van der Waals surface area contributed by atoms with Crippen molar-refractivity contribution in [3.63, 3.8) is 0 Å². The highest BCUT2D eigenvalue weighted by Gasteiger charge is 2.38. The molecule has 0 saturated heterocycles. The van der Waals surface area contributed by atoms with E-state index in [4.69, 9.17) is 9.73 Å². The van der Waals surface area contributed by atoms with Crippen LogP contribution in [0.1, 0.15) is 97.6 Å².